The Hall–Kier alpha value is -2.53. The van der Waals surface area contributed by atoms with Crippen LogP contribution in [0.3, 0.4) is 0 Å². The lowest BCUT2D eigenvalue weighted by molar-refractivity contribution is 0.0945. The van der Waals surface area contributed by atoms with Crippen molar-refractivity contribution in [3.8, 4) is 11.5 Å². The Balaban J connectivity index is 2.09. The lowest BCUT2D eigenvalue weighted by Crippen LogP contribution is -2.23. The Labute approximate surface area is 116 Å². The number of phenolic OH excluding ortho intramolecular Hbond substituents is 2. The maximum Gasteiger partial charge on any atom is 0.259 e. The fourth-order valence-corrected chi connectivity index (χ4v) is 1.90. The van der Waals surface area contributed by atoms with Crippen LogP contribution >= 0.6 is 0 Å². The monoisotopic (exact) mass is 272 g/mol. The van der Waals surface area contributed by atoms with Crippen molar-refractivity contribution in [1.29, 1.82) is 0 Å². The molecule has 2 aromatic carbocycles. The first-order valence-electron chi connectivity index (χ1n) is 6.19. The summed E-state index contributed by atoms with van der Waals surface area (Å²) in [6.45, 7) is 0.725. The predicted molar refractivity (Wildman–Crippen MR) is 75.3 cm³/mol. The van der Waals surface area contributed by atoms with E-state index < -0.39 is 5.91 Å². The highest BCUT2D eigenvalue weighted by Crippen LogP contribution is 2.25. The van der Waals surface area contributed by atoms with Crippen LogP contribution in [0.15, 0.2) is 42.5 Å². The van der Waals surface area contributed by atoms with Gasteiger partial charge in [-0.1, -0.05) is 30.3 Å². The molecule has 0 fully saturated rings. The van der Waals surface area contributed by atoms with E-state index in [1.165, 1.54) is 18.2 Å². The minimum Gasteiger partial charge on any atom is -0.507 e. The van der Waals surface area contributed by atoms with Gasteiger partial charge in [-0.05, 0) is 23.3 Å². The van der Waals surface area contributed by atoms with Crippen molar-refractivity contribution in [3.63, 3.8) is 0 Å². The summed E-state index contributed by atoms with van der Waals surface area (Å²) in [6, 6.07) is 11.7. The van der Waals surface area contributed by atoms with Crippen molar-refractivity contribution in [1.82, 2.24) is 5.32 Å². The van der Waals surface area contributed by atoms with Gasteiger partial charge < -0.3 is 21.3 Å². The van der Waals surface area contributed by atoms with E-state index in [-0.39, 0.29) is 17.1 Å². The molecule has 0 aromatic heterocycles. The number of phenols is 2. The number of carbonyl (C=O) groups excluding carboxylic acids is 1. The van der Waals surface area contributed by atoms with E-state index in [0.717, 1.165) is 11.1 Å². The molecule has 0 saturated heterocycles. The zero-order chi connectivity index (χ0) is 14.5. The van der Waals surface area contributed by atoms with Gasteiger partial charge in [0.1, 0.15) is 17.1 Å². The zero-order valence-electron chi connectivity index (χ0n) is 10.8. The lowest BCUT2D eigenvalue weighted by Gasteiger charge is -2.09. The largest absolute Gasteiger partial charge is 0.507 e. The van der Waals surface area contributed by atoms with Crippen molar-refractivity contribution in [2.75, 3.05) is 0 Å². The summed E-state index contributed by atoms with van der Waals surface area (Å²) in [6.07, 6.45) is 0. The smallest absolute Gasteiger partial charge is 0.259 e. The third-order valence-corrected chi connectivity index (χ3v) is 2.93. The highest BCUT2D eigenvalue weighted by molar-refractivity contribution is 5.99. The Bertz CT molecular complexity index is 606. The van der Waals surface area contributed by atoms with Gasteiger partial charge in [-0.2, -0.15) is 0 Å². The minimum atomic E-state index is -0.529. The number of aromatic hydroxyl groups is 2. The molecule has 0 aliphatic carbocycles. The predicted octanol–water partition coefficient (Wildman–Crippen LogP) is 1.49. The number of nitrogens with two attached hydrogens (primary N) is 1. The van der Waals surface area contributed by atoms with E-state index in [4.69, 9.17) is 5.73 Å². The van der Waals surface area contributed by atoms with E-state index >= 15 is 0 Å². The molecule has 0 aliphatic rings. The maximum absolute atomic E-state index is 12.0. The SMILES string of the molecule is NCc1cccc(CNC(=O)c2c(O)cccc2O)c1. The number of nitrogens with one attached hydrogen (secondary N) is 1. The summed E-state index contributed by atoms with van der Waals surface area (Å²) in [5, 5.41) is 21.9. The topological polar surface area (TPSA) is 95.6 Å². The van der Waals surface area contributed by atoms with Crippen molar-refractivity contribution in [2.24, 2.45) is 5.73 Å². The van der Waals surface area contributed by atoms with Crippen LogP contribution in [0.5, 0.6) is 11.5 Å². The van der Waals surface area contributed by atoms with Gasteiger partial charge in [-0.15, -0.1) is 0 Å². The van der Waals surface area contributed by atoms with E-state index in [2.05, 4.69) is 5.32 Å². The molecule has 1 amide bonds. The molecule has 0 spiro atoms. The van der Waals surface area contributed by atoms with Gasteiger partial charge >= 0.3 is 0 Å². The number of carbonyl (C=O) groups is 1. The average molecular weight is 272 g/mol. The Kier molecular flexibility index (Phi) is 4.22. The Morgan fingerprint density at radius 3 is 2.30 bits per heavy atom. The van der Waals surface area contributed by atoms with Gasteiger partial charge in [0.05, 0.1) is 0 Å². The van der Waals surface area contributed by atoms with Crippen molar-refractivity contribution >= 4 is 5.91 Å². The van der Waals surface area contributed by atoms with Gasteiger partial charge in [-0.25, -0.2) is 0 Å². The summed E-state index contributed by atoms with van der Waals surface area (Å²) in [5.41, 5.74) is 7.30. The minimum absolute atomic E-state index is 0.123. The molecule has 0 radical (unpaired) electrons. The normalized spacial score (nSPS) is 10.2. The van der Waals surface area contributed by atoms with Crippen molar-refractivity contribution in [3.05, 3.63) is 59.2 Å². The lowest BCUT2D eigenvalue weighted by atomic mass is 10.1. The second-order valence-electron chi connectivity index (χ2n) is 4.38. The third kappa shape index (κ3) is 3.07. The Morgan fingerprint density at radius 1 is 1.05 bits per heavy atom. The van der Waals surface area contributed by atoms with Crippen LogP contribution in [0.4, 0.5) is 0 Å². The number of hydrogen-bond donors (Lipinski definition) is 4. The molecule has 5 N–H and O–H groups in total. The van der Waals surface area contributed by atoms with Gasteiger partial charge in [0, 0.05) is 13.1 Å². The summed E-state index contributed by atoms with van der Waals surface area (Å²) in [4.78, 5) is 12.0. The molecule has 0 aliphatic heterocycles. The van der Waals surface area contributed by atoms with Gasteiger partial charge in [-0.3, -0.25) is 4.79 Å². The van der Waals surface area contributed by atoms with E-state index in [0.29, 0.717) is 13.1 Å². The quantitative estimate of drug-likeness (QED) is 0.678. The summed E-state index contributed by atoms with van der Waals surface area (Å²) >= 11 is 0. The maximum atomic E-state index is 12.0. The first-order valence-corrected chi connectivity index (χ1v) is 6.19. The molecular weight excluding hydrogens is 256 g/mol. The van der Waals surface area contributed by atoms with Gasteiger partial charge in [0.2, 0.25) is 0 Å². The van der Waals surface area contributed by atoms with Crippen LogP contribution in [-0.2, 0) is 13.1 Å². The molecule has 104 valence electrons. The average Bonchev–Trinajstić information content (AvgIpc) is 2.45. The van der Waals surface area contributed by atoms with Crippen molar-refractivity contribution < 1.29 is 15.0 Å². The van der Waals surface area contributed by atoms with Crippen LogP contribution in [0, 0.1) is 0 Å². The molecule has 0 atom stereocenters. The molecule has 2 aromatic rings. The Morgan fingerprint density at radius 2 is 1.65 bits per heavy atom. The molecule has 5 nitrogen and oxygen atoms in total. The molecule has 5 heteroatoms. The fourth-order valence-electron chi connectivity index (χ4n) is 1.90. The summed E-state index contributed by atoms with van der Waals surface area (Å²) in [7, 11) is 0. The molecule has 0 unspecified atom stereocenters. The third-order valence-electron chi connectivity index (χ3n) is 2.93. The van der Waals surface area contributed by atoms with Gasteiger partial charge in [0.25, 0.3) is 5.91 Å². The molecule has 2 rings (SSSR count). The molecule has 0 bridgehead atoms. The summed E-state index contributed by atoms with van der Waals surface area (Å²) in [5.74, 6) is -1.03. The molecular formula is C15H16N2O3. The first kappa shape index (κ1) is 13.9. The zero-order valence-corrected chi connectivity index (χ0v) is 10.8. The van der Waals surface area contributed by atoms with Crippen LogP contribution in [0.1, 0.15) is 21.5 Å². The van der Waals surface area contributed by atoms with Crippen LogP contribution in [0.2, 0.25) is 0 Å². The highest BCUT2D eigenvalue weighted by Gasteiger charge is 2.15. The molecule has 20 heavy (non-hydrogen) atoms. The first-order chi connectivity index (χ1) is 9.61. The molecule has 0 saturated carbocycles. The van der Waals surface area contributed by atoms with E-state index in [1.54, 1.807) is 0 Å². The number of rotatable bonds is 4. The number of benzene rings is 2. The van der Waals surface area contributed by atoms with Crippen molar-refractivity contribution in [2.45, 2.75) is 13.1 Å². The second-order valence-corrected chi connectivity index (χ2v) is 4.38. The summed E-state index contributed by atoms with van der Waals surface area (Å²) < 4.78 is 0. The number of hydrogen-bond acceptors (Lipinski definition) is 4. The van der Waals surface area contributed by atoms with E-state index in [9.17, 15) is 15.0 Å². The fraction of sp³-hybridized carbons (Fsp3) is 0.133. The molecule has 0 heterocycles. The van der Waals surface area contributed by atoms with E-state index in [1.807, 2.05) is 24.3 Å². The second kappa shape index (κ2) is 6.08. The standard InChI is InChI=1S/C15H16N2O3/c16-8-10-3-1-4-11(7-10)9-17-15(20)14-12(18)5-2-6-13(14)19/h1-7,18-19H,8-9,16H2,(H,17,20). The van der Waals surface area contributed by atoms with Crippen LogP contribution < -0.4 is 11.1 Å². The van der Waals surface area contributed by atoms with Crippen LogP contribution in [-0.4, -0.2) is 16.1 Å². The number of amides is 1. The van der Waals surface area contributed by atoms with Crippen LogP contribution in [0.25, 0.3) is 0 Å². The van der Waals surface area contributed by atoms with Gasteiger partial charge in [0.15, 0.2) is 0 Å². The highest BCUT2D eigenvalue weighted by atomic mass is 16.3.